The zero-order valence-electron chi connectivity index (χ0n) is 18.6. The third-order valence-electron chi connectivity index (χ3n) is 6.87. The zero-order valence-corrected chi connectivity index (χ0v) is 19.3. The molecule has 3 N–H and O–H groups in total. The Morgan fingerprint density at radius 1 is 1.33 bits per heavy atom. The van der Waals surface area contributed by atoms with Crippen LogP contribution in [0, 0.1) is 5.41 Å². The van der Waals surface area contributed by atoms with Gasteiger partial charge in [0.05, 0.1) is 18.3 Å². The fraction of sp³-hybridized carbons (Fsp3) is 0.478. The Hall–Kier alpha value is -2.91. The van der Waals surface area contributed by atoms with Crippen molar-refractivity contribution in [2.24, 2.45) is 11.1 Å². The lowest BCUT2D eigenvalue weighted by Crippen LogP contribution is -2.47. The third-order valence-corrected chi connectivity index (χ3v) is 7.10. The summed E-state index contributed by atoms with van der Waals surface area (Å²) in [5, 5.41) is 0.603. The quantitative estimate of drug-likeness (QED) is 0.640. The Kier molecular flexibility index (Phi) is 6.71. The van der Waals surface area contributed by atoms with Crippen molar-refractivity contribution in [1.29, 1.82) is 0 Å². The molecular weight excluding hydrogens is 446 g/mol. The van der Waals surface area contributed by atoms with Crippen LogP contribution in [0.2, 0.25) is 5.02 Å². The van der Waals surface area contributed by atoms with Crippen LogP contribution in [0.15, 0.2) is 30.6 Å². The van der Waals surface area contributed by atoms with Gasteiger partial charge in [-0.2, -0.15) is 0 Å². The summed E-state index contributed by atoms with van der Waals surface area (Å²) in [5.41, 5.74) is 5.79. The van der Waals surface area contributed by atoms with Gasteiger partial charge in [-0.05, 0) is 50.3 Å². The molecule has 9 nitrogen and oxygen atoms in total. The van der Waals surface area contributed by atoms with E-state index in [9.17, 15) is 14.4 Å². The van der Waals surface area contributed by atoms with Gasteiger partial charge < -0.3 is 25.3 Å². The van der Waals surface area contributed by atoms with Crippen molar-refractivity contribution in [2.75, 3.05) is 31.7 Å². The van der Waals surface area contributed by atoms with Crippen LogP contribution in [0.3, 0.4) is 0 Å². The van der Waals surface area contributed by atoms with Crippen molar-refractivity contribution >= 4 is 35.0 Å². The van der Waals surface area contributed by atoms with Crippen LogP contribution in [-0.4, -0.2) is 65.4 Å². The van der Waals surface area contributed by atoms with Crippen molar-refractivity contribution in [2.45, 2.75) is 38.1 Å². The molecular formula is C23H28ClN5O4. The molecule has 1 aromatic carbocycles. The van der Waals surface area contributed by atoms with Gasteiger partial charge in [0.15, 0.2) is 5.69 Å². The number of H-pyrrole nitrogens is 1. The number of nitrogens with zero attached hydrogens (tertiary/aromatic N) is 3. The molecule has 0 unspecified atom stereocenters. The van der Waals surface area contributed by atoms with Gasteiger partial charge in [-0.15, -0.1) is 0 Å². The van der Waals surface area contributed by atoms with Gasteiger partial charge in [0.1, 0.15) is 5.69 Å². The average Bonchev–Trinajstić information content (AvgIpc) is 3.41. The first-order chi connectivity index (χ1) is 15.9. The number of imidazole rings is 1. The predicted molar refractivity (Wildman–Crippen MR) is 123 cm³/mol. The van der Waals surface area contributed by atoms with Gasteiger partial charge >= 0.3 is 0 Å². The maximum absolute atomic E-state index is 13.4. The molecule has 0 atom stereocenters. The Balaban J connectivity index is 1.48. The number of rotatable bonds is 7. The van der Waals surface area contributed by atoms with Gasteiger partial charge in [-0.25, -0.2) is 4.98 Å². The first kappa shape index (κ1) is 23.3. The minimum atomic E-state index is -0.758. The number of halogens is 1. The number of anilines is 1. The number of benzene rings is 1. The van der Waals surface area contributed by atoms with Crippen molar-refractivity contribution < 1.29 is 19.1 Å². The lowest BCUT2D eigenvalue weighted by Gasteiger charge is -2.40. The lowest BCUT2D eigenvalue weighted by molar-refractivity contribution is -0.127. The molecule has 0 radical (unpaired) electrons. The molecule has 4 rings (SSSR count). The number of carbonyl (C=O) groups is 3. The molecule has 1 saturated heterocycles. The van der Waals surface area contributed by atoms with E-state index in [0.717, 1.165) is 12.1 Å². The number of primary amides is 1. The largest absolute Gasteiger partial charge is 0.383 e. The molecule has 1 aliphatic heterocycles. The summed E-state index contributed by atoms with van der Waals surface area (Å²) in [6, 6.07) is 7.29. The number of nitrogens with two attached hydrogens (primary N) is 1. The fourth-order valence-electron chi connectivity index (χ4n) is 5.07. The molecule has 0 bridgehead atoms. The fourth-order valence-corrected chi connectivity index (χ4v) is 5.25. The van der Waals surface area contributed by atoms with E-state index in [0.29, 0.717) is 50.4 Å². The van der Waals surface area contributed by atoms with E-state index in [1.807, 2.05) is 23.1 Å². The highest BCUT2D eigenvalue weighted by Gasteiger charge is 2.49. The number of aromatic amines is 1. The monoisotopic (exact) mass is 473 g/mol. The number of ether oxygens (including phenoxy) is 1. The average molecular weight is 474 g/mol. The molecule has 10 heteroatoms. The standard InChI is InChI=1S/C23H28ClN5O4/c1-33-12-11-28(21(31)19-18(20(25)30)26-14-27-19)16-5-7-23(8-6-16)9-10-29(22(23)32)17-4-2-3-15(24)13-17/h2-4,13-14,16H,5-12H2,1H3,(H2,25,30)(H,26,27). The Bertz CT molecular complexity index is 1050. The smallest absolute Gasteiger partial charge is 0.273 e. The summed E-state index contributed by atoms with van der Waals surface area (Å²) in [7, 11) is 1.57. The highest BCUT2D eigenvalue weighted by atomic mass is 35.5. The summed E-state index contributed by atoms with van der Waals surface area (Å²) in [6.07, 6.45) is 4.82. The Morgan fingerprint density at radius 3 is 2.76 bits per heavy atom. The van der Waals surface area contributed by atoms with Crippen molar-refractivity contribution in [3.8, 4) is 0 Å². The van der Waals surface area contributed by atoms with E-state index in [1.54, 1.807) is 18.1 Å². The molecule has 1 aromatic heterocycles. The van der Waals surface area contributed by atoms with Crippen LogP contribution < -0.4 is 10.6 Å². The number of hydrogen-bond donors (Lipinski definition) is 2. The molecule has 1 aliphatic carbocycles. The zero-order chi connectivity index (χ0) is 23.6. The van der Waals surface area contributed by atoms with E-state index in [1.165, 1.54) is 6.33 Å². The molecule has 3 amide bonds. The van der Waals surface area contributed by atoms with Crippen LogP contribution in [0.5, 0.6) is 0 Å². The van der Waals surface area contributed by atoms with Crippen LogP contribution >= 0.6 is 11.6 Å². The summed E-state index contributed by atoms with van der Waals surface area (Å²) in [4.78, 5) is 48.5. The predicted octanol–water partition coefficient (Wildman–Crippen LogP) is 2.62. The third kappa shape index (κ3) is 4.47. The second-order valence-corrected chi connectivity index (χ2v) is 9.12. The summed E-state index contributed by atoms with van der Waals surface area (Å²) in [6.45, 7) is 1.38. The van der Waals surface area contributed by atoms with Crippen LogP contribution in [0.1, 0.15) is 53.1 Å². The first-order valence-corrected chi connectivity index (χ1v) is 11.4. The maximum Gasteiger partial charge on any atom is 0.273 e. The van der Waals surface area contributed by atoms with Gasteiger partial charge in [0.25, 0.3) is 11.8 Å². The Morgan fingerprint density at radius 2 is 2.09 bits per heavy atom. The second kappa shape index (κ2) is 9.52. The second-order valence-electron chi connectivity index (χ2n) is 8.68. The number of aromatic nitrogens is 2. The number of carbonyl (C=O) groups excluding carboxylic acids is 3. The van der Waals surface area contributed by atoms with Gasteiger partial charge in [0.2, 0.25) is 5.91 Å². The van der Waals surface area contributed by atoms with Gasteiger partial charge in [-0.1, -0.05) is 17.7 Å². The van der Waals surface area contributed by atoms with Gasteiger partial charge in [0, 0.05) is 37.0 Å². The number of amides is 3. The molecule has 2 fully saturated rings. The van der Waals surface area contributed by atoms with Gasteiger partial charge in [-0.3, -0.25) is 14.4 Å². The van der Waals surface area contributed by atoms with Crippen molar-refractivity contribution in [1.82, 2.24) is 14.9 Å². The number of hydrogen-bond acceptors (Lipinski definition) is 5. The van der Waals surface area contributed by atoms with Crippen LogP contribution in [0.4, 0.5) is 5.69 Å². The topological polar surface area (TPSA) is 122 Å². The molecule has 1 saturated carbocycles. The van der Waals surface area contributed by atoms with E-state index in [4.69, 9.17) is 22.1 Å². The first-order valence-electron chi connectivity index (χ1n) is 11.1. The van der Waals surface area contributed by atoms with E-state index < -0.39 is 11.3 Å². The highest BCUT2D eigenvalue weighted by molar-refractivity contribution is 6.31. The minimum Gasteiger partial charge on any atom is -0.383 e. The minimum absolute atomic E-state index is 0.0715. The molecule has 2 heterocycles. The van der Waals surface area contributed by atoms with E-state index in [2.05, 4.69) is 9.97 Å². The molecule has 33 heavy (non-hydrogen) atoms. The highest BCUT2D eigenvalue weighted by Crippen LogP contribution is 2.47. The molecule has 2 aromatic rings. The SMILES string of the molecule is COCCN(C(=O)c1[nH]cnc1C(N)=O)C1CCC2(CC1)CCN(c1cccc(Cl)c1)C2=O. The molecule has 1 spiro atoms. The van der Waals surface area contributed by atoms with Crippen molar-refractivity contribution in [3.05, 3.63) is 47.0 Å². The number of methoxy groups -OCH3 is 1. The van der Waals surface area contributed by atoms with Crippen LogP contribution in [0.25, 0.3) is 0 Å². The lowest BCUT2D eigenvalue weighted by atomic mass is 9.71. The summed E-state index contributed by atoms with van der Waals surface area (Å²) < 4.78 is 5.21. The summed E-state index contributed by atoms with van der Waals surface area (Å²) in [5.74, 6) is -0.966. The normalized spacial score (nSPS) is 22.7. The maximum atomic E-state index is 13.4. The molecule has 2 aliphatic rings. The van der Waals surface area contributed by atoms with E-state index >= 15 is 0 Å². The number of nitrogens with one attached hydrogen (secondary N) is 1. The summed E-state index contributed by atoms with van der Waals surface area (Å²) >= 11 is 6.12. The van der Waals surface area contributed by atoms with E-state index in [-0.39, 0.29) is 29.2 Å². The van der Waals surface area contributed by atoms with Crippen LogP contribution in [-0.2, 0) is 9.53 Å². The molecule has 176 valence electrons. The van der Waals surface area contributed by atoms with Crippen molar-refractivity contribution in [3.63, 3.8) is 0 Å². The Labute approximate surface area is 197 Å².